The van der Waals surface area contributed by atoms with Gasteiger partial charge in [0.05, 0.1) is 7.11 Å². The third-order valence-electron chi connectivity index (χ3n) is 4.04. The number of carbonyl (C=O) groups is 1. The number of hydrogen-bond donors (Lipinski definition) is 2. The zero-order chi connectivity index (χ0) is 14.4. The molecule has 1 aromatic rings. The van der Waals surface area contributed by atoms with E-state index in [0.717, 1.165) is 24.2 Å². The highest BCUT2D eigenvalue weighted by atomic mass is 16.5. The van der Waals surface area contributed by atoms with Crippen LogP contribution in [0.2, 0.25) is 0 Å². The zero-order valence-corrected chi connectivity index (χ0v) is 12.1. The Bertz CT molecular complexity index is 448. The number of ether oxygens (including phenoxy) is 1. The lowest BCUT2D eigenvalue weighted by molar-refractivity contribution is -0.122. The standard InChI is InChI=1S/C16H24N2O2/c1-20-14-7-4-5-12(9-14)11-18-16(19)10-13-6-2-3-8-15(13)17/h4-5,7,9,13,15H,2-3,6,8,10-11,17H2,1H3,(H,18,19). The molecule has 0 aliphatic heterocycles. The van der Waals surface area contributed by atoms with Gasteiger partial charge in [-0.05, 0) is 36.5 Å². The van der Waals surface area contributed by atoms with Gasteiger partial charge in [-0.2, -0.15) is 0 Å². The van der Waals surface area contributed by atoms with Gasteiger partial charge in [-0.25, -0.2) is 0 Å². The summed E-state index contributed by atoms with van der Waals surface area (Å²) in [5, 5.41) is 2.97. The number of amides is 1. The van der Waals surface area contributed by atoms with Crippen LogP contribution in [0.15, 0.2) is 24.3 Å². The van der Waals surface area contributed by atoms with Crippen LogP contribution in [0, 0.1) is 5.92 Å². The number of hydrogen-bond acceptors (Lipinski definition) is 3. The second kappa shape index (κ2) is 7.29. The van der Waals surface area contributed by atoms with E-state index in [0.29, 0.717) is 18.9 Å². The quantitative estimate of drug-likeness (QED) is 0.866. The molecule has 2 rings (SSSR count). The van der Waals surface area contributed by atoms with Gasteiger partial charge in [0.15, 0.2) is 0 Å². The Hall–Kier alpha value is -1.55. The summed E-state index contributed by atoms with van der Waals surface area (Å²) in [7, 11) is 1.64. The third kappa shape index (κ3) is 4.23. The van der Waals surface area contributed by atoms with Crippen LogP contribution in [-0.2, 0) is 11.3 Å². The van der Waals surface area contributed by atoms with Gasteiger partial charge in [-0.15, -0.1) is 0 Å². The average molecular weight is 276 g/mol. The highest BCUT2D eigenvalue weighted by Crippen LogP contribution is 2.25. The van der Waals surface area contributed by atoms with Crippen molar-refractivity contribution in [2.75, 3.05) is 7.11 Å². The molecule has 3 N–H and O–H groups in total. The molecule has 0 aromatic heterocycles. The van der Waals surface area contributed by atoms with Crippen molar-refractivity contribution < 1.29 is 9.53 Å². The normalized spacial score (nSPS) is 22.3. The molecule has 20 heavy (non-hydrogen) atoms. The van der Waals surface area contributed by atoms with Gasteiger partial charge in [0.25, 0.3) is 0 Å². The molecule has 1 aliphatic rings. The Labute approximate surface area is 120 Å². The summed E-state index contributed by atoms with van der Waals surface area (Å²) in [6, 6.07) is 7.93. The summed E-state index contributed by atoms with van der Waals surface area (Å²) < 4.78 is 5.17. The molecule has 110 valence electrons. The second-order valence-electron chi connectivity index (χ2n) is 5.54. The molecule has 0 heterocycles. The monoisotopic (exact) mass is 276 g/mol. The predicted octanol–water partition coefficient (Wildman–Crippen LogP) is 2.22. The molecule has 4 nitrogen and oxygen atoms in total. The molecule has 0 spiro atoms. The number of carbonyl (C=O) groups excluding carboxylic acids is 1. The van der Waals surface area contributed by atoms with Crippen molar-refractivity contribution in [2.45, 2.75) is 44.7 Å². The Morgan fingerprint density at radius 1 is 1.40 bits per heavy atom. The molecule has 1 amide bonds. The molecule has 2 atom stereocenters. The molecule has 0 radical (unpaired) electrons. The smallest absolute Gasteiger partial charge is 0.220 e. The summed E-state index contributed by atoms with van der Waals surface area (Å²) in [5.41, 5.74) is 7.12. The van der Waals surface area contributed by atoms with E-state index in [9.17, 15) is 4.79 Å². The van der Waals surface area contributed by atoms with Crippen LogP contribution in [0.3, 0.4) is 0 Å². The van der Waals surface area contributed by atoms with Crippen molar-refractivity contribution in [1.29, 1.82) is 0 Å². The van der Waals surface area contributed by atoms with Crippen molar-refractivity contribution in [3.8, 4) is 5.75 Å². The van der Waals surface area contributed by atoms with E-state index in [4.69, 9.17) is 10.5 Å². The fraction of sp³-hybridized carbons (Fsp3) is 0.562. The molecule has 4 heteroatoms. The van der Waals surface area contributed by atoms with Crippen LogP contribution in [0.1, 0.15) is 37.7 Å². The topological polar surface area (TPSA) is 64.3 Å². The van der Waals surface area contributed by atoms with Crippen molar-refractivity contribution in [3.05, 3.63) is 29.8 Å². The Balaban J connectivity index is 1.79. The molecule has 1 aromatic carbocycles. The van der Waals surface area contributed by atoms with Gasteiger partial charge >= 0.3 is 0 Å². The Kier molecular flexibility index (Phi) is 5.41. The summed E-state index contributed by atoms with van der Waals surface area (Å²) >= 11 is 0. The van der Waals surface area contributed by atoms with E-state index in [1.807, 2.05) is 24.3 Å². The van der Waals surface area contributed by atoms with Gasteiger partial charge in [0, 0.05) is 19.0 Å². The molecule has 0 bridgehead atoms. The second-order valence-corrected chi connectivity index (χ2v) is 5.54. The van der Waals surface area contributed by atoms with Crippen LogP contribution >= 0.6 is 0 Å². The fourth-order valence-corrected chi connectivity index (χ4v) is 2.78. The maximum atomic E-state index is 12.0. The van der Waals surface area contributed by atoms with Crippen molar-refractivity contribution in [3.63, 3.8) is 0 Å². The van der Waals surface area contributed by atoms with Crippen LogP contribution in [0.5, 0.6) is 5.75 Å². The Morgan fingerprint density at radius 3 is 2.95 bits per heavy atom. The van der Waals surface area contributed by atoms with E-state index in [-0.39, 0.29) is 11.9 Å². The first-order valence-electron chi connectivity index (χ1n) is 7.34. The van der Waals surface area contributed by atoms with E-state index in [2.05, 4.69) is 5.32 Å². The molecular formula is C16H24N2O2. The average Bonchev–Trinajstić information content (AvgIpc) is 2.48. The first-order valence-corrected chi connectivity index (χ1v) is 7.34. The van der Waals surface area contributed by atoms with E-state index in [1.165, 1.54) is 12.8 Å². The number of nitrogens with two attached hydrogens (primary N) is 1. The number of nitrogens with one attached hydrogen (secondary N) is 1. The summed E-state index contributed by atoms with van der Waals surface area (Å²) in [5.74, 6) is 1.25. The molecule has 1 aliphatic carbocycles. The van der Waals surface area contributed by atoms with Crippen molar-refractivity contribution >= 4 is 5.91 Å². The minimum atomic E-state index is 0.0927. The largest absolute Gasteiger partial charge is 0.497 e. The number of rotatable bonds is 5. The van der Waals surface area contributed by atoms with Crippen LogP contribution in [0.4, 0.5) is 0 Å². The highest BCUT2D eigenvalue weighted by molar-refractivity contribution is 5.76. The number of methoxy groups -OCH3 is 1. The van der Waals surface area contributed by atoms with Gasteiger partial charge < -0.3 is 15.8 Å². The summed E-state index contributed by atoms with van der Waals surface area (Å²) in [4.78, 5) is 12.0. The molecule has 1 fully saturated rings. The predicted molar refractivity (Wildman–Crippen MR) is 79.4 cm³/mol. The summed E-state index contributed by atoms with van der Waals surface area (Å²) in [6.07, 6.45) is 5.07. The lowest BCUT2D eigenvalue weighted by Gasteiger charge is -2.27. The zero-order valence-electron chi connectivity index (χ0n) is 12.1. The van der Waals surface area contributed by atoms with E-state index in [1.54, 1.807) is 7.11 Å². The Morgan fingerprint density at radius 2 is 2.20 bits per heavy atom. The van der Waals surface area contributed by atoms with Crippen LogP contribution in [-0.4, -0.2) is 19.1 Å². The van der Waals surface area contributed by atoms with Gasteiger partial charge in [-0.3, -0.25) is 4.79 Å². The highest BCUT2D eigenvalue weighted by Gasteiger charge is 2.23. The lowest BCUT2D eigenvalue weighted by Crippen LogP contribution is -2.36. The molecule has 0 saturated heterocycles. The lowest BCUT2D eigenvalue weighted by atomic mass is 9.83. The van der Waals surface area contributed by atoms with Gasteiger partial charge in [-0.1, -0.05) is 25.0 Å². The van der Waals surface area contributed by atoms with Crippen molar-refractivity contribution in [2.24, 2.45) is 11.7 Å². The van der Waals surface area contributed by atoms with E-state index >= 15 is 0 Å². The van der Waals surface area contributed by atoms with Gasteiger partial charge in [0.1, 0.15) is 5.75 Å². The van der Waals surface area contributed by atoms with Gasteiger partial charge in [0.2, 0.25) is 5.91 Å². The first-order chi connectivity index (χ1) is 9.69. The molecule has 2 unspecified atom stereocenters. The van der Waals surface area contributed by atoms with Crippen LogP contribution < -0.4 is 15.8 Å². The maximum absolute atomic E-state index is 12.0. The number of benzene rings is 1. The maximum Gasteiger partial charge on any atom is 0.220 e. The molecular weight excluding hydrogens is 252 g/mol. The fourth-order valence-electron chi connectivity index (χ4n) is 2.78. The van der Waals surface area contributed by atoms with Crippen molar-refractivity contribution in [1.82, 2.24) is 5.32 Å². The third-order valence-corrected chi connectivity index (χ3v) is 4.04. The SMILES string of the molecule is COc1cccc(CNC(=O)CC2CCCCC2N)c1. The minimum Gasteiger partial charge on any atom is -0.497 e. The summed E-state index contributed by atoms with van der Waals surface area (Å²) in [6.45, 7) is 0.540. The molecule has 1 saturated carbocycles. The van der Waals surface area contributed by atoms with Crippen LogP contribution in [0.25, 0.3) is 0 Å². The van der Waals surface area contributed by atoms with E-state index < -0.39 is 0 Å². The minimum absolute atomic E-state index is 0.0927. The first kappa shape index (κ1) is 14.9.